The van der Waals surface area contributed by atoms with E-state index in [9.17, 15) is 4.39 Å². The fourth-order valence-electron chi connectivity index (χ4n) is 1.42. The van der Waals surface area contributed by atoms with Crippen LogP contribution in [0.3, 0.4) is 0 Å². The molecule has 0 nitrogen and oxygen atoms in total. The molecule has 72 valence electrons. The van der Waals surface area contributed by atoms with Crippen LogP contribution in [0, 0.1) is 18.7 Å². The van der Waals surface area contributed by atoms with Crippen molar-refractivity contribution in [1.29, 1.82) is 0 Å². The molecular formula is C12H17F. The van der Waals surface area contributed by atoms with Crippen molar-refractivity contribution < 1.29 is 4.39 Å². The smallest absolute Gasteiger partial charge is 0.126 e. The summed E-state index contributed by atoms with van der Waals surface area (Å²) in [5.41, 5.74) is 1.96. The second kappa shape index (κ2) is 4.40. The Balaban J connectivity index is 2.87. The summed E-state index contributed by atoms with van der Waals surface area (Å²) in [6, 6.07) is 5.29. The molecule has 0 bridgehead atoms. The van der Waals surface area contributed by atoms with Crippen LogP contribution in [0.5, 0.6) is 0 Å². The summed E-state index contributed by atoms with van der Waals surface area (Å²) in [6.07, 6.45) is 1.96. The lowest BCUT2D eigenvalue weighted by Gasteiger charge is -2.11. The van der Waals surface area contributed by atoms with E-state index in [2.05, 4.69) is 13.8 Å². The van der Waals surface area contributed by atoms with Gasteiger partial charge < -0.3 is 0 Å². The molecule has 0 saturated carbocycles. The monoisotopic (exact) mass is 180 g/mol. The molecule has 1 atom stereocenters. The molecule has 0 aliphatic rings. The summed E-state index contributed by atoms with van der Waals surface area (Å²) in [4.78, 5) is 0. The van der Waals surface area contributed by atoms with Crippen molar-refractivity contribution in [3.05, 3.63) is 35.1 Å². The molecule has 0 heterocycles. The summed E-state index contributed by atoms with van der Waals surface area (Å²) in [5, 5.41) is 0. The minimum absolute atomic E-state index is 0.0553. The van der Waals surface area contributed by atoms with Crippen LogP contribution in [0.1, 0.15) is 31.4 Å². The highest BCUT2D eigenvalue weighted by atomic mass is 19.1. The third kappa shape index (κ3) is 2.55. The predicted molar refractivity (Wildman–Crippen MR) is 54.3 cm³/mol. The van der Waals surface area contributed by atoms with E-state index < -0.39 is 0 Å². The first-order valence-electron chi connectivity index (χ1n) is 4.89. The van der Waals surface area contributed by atoms with E-state index in [1.807, 2.05) is 13.0 Å². The van der Waals surface area contributed by atoms with Crippen LogP contribution >= 0.6 is 0 Å². The number of halogens is 1. The molecular weight excluding hydrogens is 163 g/mol. The fourth-order valence-corrected chi connectivity index (χ4v) is 1.42. The Labute approximate surface area is 79.8 Å². The van der Waals surface area contributed by atoms with Gasteiger partial charge in [0.15, 0.2) is 0 Å². The first-order chi connectivity index (χ1) is 6.15. The Hall–Kier alpha value is -0.850. The summed E-state index contributed by atoms with van der Waals surface area (Å²) in [7, 11) is 0. The van der Waals surface area contributed by atoms with Gasteiger partial charge in [-0.2, -0.15) is 0 Å². The standard InChI is InChI=1S/C12H17F/c1-4-9(2)8-11-10(3)6-5-7-12(11)13/h5-7,9H,4,8H2,1-3H3. The molecule has 0 radical (unpaired) electrons. The first-order valence-corrected chi connectivity index (χ1v) is 4.89. The summed E-state index contributed by atoms with van der Waals surface area (Å²) >= 11 is 0. The van der Waals surface area contributed by atoms with E-state index in [4.69, 9.17) is 0 Å². The molecule has 1 aromatic carbocycles. The van der Waals surface area contributed by atoms with Crippen molar-refractivity contribution in [2.75, 3.05) is 0 Å². The highest BCUT2D eigenvalue weighted by molar-refractivity contribution is 5.27. The molecule has 0 fully saturated rings. The van der Waals surface area contributed by atoms with Gasteiger partial charge in [-0.05, 0) is 36.5 Å². The normalized spacial score (nSPS) is 12.9. The van der Waals surface area contributed by atoms with Crippen molar-refractivity contribution in [3.8, 4) is 0 Å². The number of benzene rings is 1. The second-order valence-electron chi connectivity index (χ2n) is 3.75. The second-order valence-corrected chi connectivity index (χ2v) is 3.75. The Morgan fingerprint density at radius 3 is 2.62 bits per heavy atom. The lowest BCUT2D eigenvalue weighted by Crippen LogP contribution is -2.02. The van der Waals surface area contributed by atoms with E-state index >= 15 is 0 Å². The topological polar surface area (TPSA) is 0 Å². The predicted octanol–water partition coefficient (Wildman–Crippen LogP) is 3.72. The third-order valence-electron chi connectivity index (χ3n) is 2.60. The molecule has 0 aromatic heterocycles. The lowest BCUT2D eigenvalue weighted by atomic mass is 9.95. The zero-order valence-electron chi connectivity index (χ0n) is 8.60. The van der Waals surface area contributed by atoms with Crippen molar-refractivity contribution in [3.63, 3.8) is 0 Å². The number of hydrogen-bond donors (Lipinski definition) is 0. The summed E-state index contributed by atoms with van der Waals surface area (Å²) < 4.78 is 13.3. The van der Waals surface area contributed by atoms with E-state index in [1.165, 1.54) is 0 Å². The summed E-state index contributed by atoms with van der Waals surface area (Å²) in [6.45, 7) is 6.27. The average molecular weight is 180 g/mol. The van der Waals surface area contributed by atoms with Crippen molar-refractivity contribution in [2.24, 2.45) is 5.92 Å². The largest absolute Gasteiger partial charge is 0.207 e. The van der Waals surface area contributed by atoms with Crippen LogP contribution in [0.25, 0.3) is 0 Å². The van der Waals surface area contributed by atoms with Crippen LogP contribution in [0.2, 0.25) is 0 Å². The molecule has 0 spiro atoms. The lowest BCUT2D eigenvalue weighted by molar-refractivity contribution is 0.529. The van der Waals surface area contributed by atoms with E-state index in [-0.39, 0.29) is 5.82 Å². The van der Waals surface area contributed by atoms with E-state index in [1.54, 1.807) is 12.1 Å². The molecule has 13 heavy (non-hydrogen) atoms. The maximum atomic E-state index is 13.3. The zero-order valence-corrected chi connectivity index (χ0v) is 8.60. The average Bonchev–Trinajstić information content (AvgIpc) is 2.11. The maximum absolute atomic E-state index is 13.3. The van der Waals surface area contributed by atoms with Crippen LogP contribution in [0.4, 0.5) is 4.39 Å². The molecule has 0 saturated heterocycles. The van der Waals surface area contributed by atoms with Crippen LogP contribution in [-0.2, 0) is 6.42 Å². The highest BCUT2D eigenvalue weighted by Gasteiger charge is 2.08. The van der Waals surface area contributed by atoms with Crippen molar-refractivity contribution >= 4 is 0 Å². The fraction of sp³-hybridized carbons (Fsp3) is 0.500. The van der Waals surface area contributed by atoms with Gasteiger partial charge in [-0.25, -0.2) is 4.39 Å². The van der Waals surface area contributed by atoms with E-state index in [0.29, 0.717) is 5.92 Å². The minimum Gasteiger partial charge on any atom is -0.207 e. The minimum atomic E-state index is -0.0553. The molecule has 1 aromatic rings. The van der Waals surface area contributed by atoms with Gasteiger partial charge in [-0.3, -0.25) is 0 Å². The maximum Gasteiger partial charge on any atom is 0.126 e. The highest BCUT2D eigenvalue weighted by Crippen LogP contribution is 2.18. The van der Waals surface area contributed by atoms with Gasteiger partial charge in [0.05, 0.1) is 0 Å². The molecule has 0 aliphatic carbocycles. The van der Waals surface area contributed by atoms with Gasteiger partial charge in [0.2, 0.25) is 0 Å². The quantitative estimate of drug-likeness (QED) is 0.665. The molecule has 1 heteroatoms. The Bertz CT molecular complexity index is 258. The van der Waals surface area contributed by atoms with Crippen LogP contribution in [-0.4, -0.2) is 0 Å². The van der Waals surface area contributed by atoms with Gasteiger partial charge in [0.25, 0.3) is 0 Å². The molecule has 0 aliphatic heterocycles. The van der Waals surface area contributed by atoms with Crippen LogP contribution in [0.15, 0.2) is 18.2 Å². The number of aryl methyl sites for hydroxylation is 1. The van der Waals surface area contributed by atoms with Gasteiger partial charge in [0, 0.05) is 0 Å². The van der Waals surface area contributed by atoms with Gasteiger partial charge in [-0.15, -0.1) is 0 Å². The number of hydrogen-bond acceptors (Lipinski definition) is 0. The Morgan fingerprint density at radius 1 is 1.38 bits per heavy atom. The first kappa shape index (κ1) is 10.2. The number of rotatable bonds is 3. The third-order valence-corrected chi connectivity index (χ3v) is 2.60. The van der Waals surface area contributed by atoms with Crippen molar-refractivity contribution in [2.45, 2.75) is 33.6 Å². The van der Waals surface area contributed by atoms with Gasteiger partial charge in [-0.1, -0.05) is 32.4 Å². The molecule has 0 amide bonds. The van der Waals surface area contributed by atoms with E-state index in [0.717, 1.165) is 24.0 Å². The molecule has 0 N–H and O–H groups in total. The SMILES string of the molecule is CCC(C)Cc1c(C)cccc1F. The van der Waals surface area contributed by atoms with Gasteiger partial charge in [0.1, 0.15) is 5.82 Å². The Kier molecular flexibility index (Phi) is 3.47. The zero-order chi connectivity index (χ0) is 9.84. The van der Waals surface area contributed by atoms with Gasteiger partial charge >= 0.3 is 0 Å². The Morgan fingerprint density at radius 2 is 2.08 bits per heavy atom. The summed E-state index contributed by atoms with van der Waals surface area (Å²) in [5.74, 6) is 0.510. The molecule has 1 unspecified atom stereocenters. The van der Waals surface area contributed by atoms with Crippen LogP contribution < -0.4 is 0 Å². The van der Waals surface area contributed by atoms with Crippen molar-refractivity contribution in [1.82, 2.24) is 0 Å². The molecule has 1 rings (SSSR count).